The van der Waals surface area contributed by atoms with Gasteiger partial charge in [0.05, 0.1) is 14.2 Å². The van der Waals surface area contributed by atoms with E-state index in [-0.39, 0.29) is 5.91 Å². The molecule has 0 aromatic heterocycles. The second-order valence-electron chi connectivity index (χ2n) is 5.34. The number of ether oxygens (including phenoxy) is 3. The maximum Gasteiger partial charge on any atom is 0.265 e. The zero-order chi connectivity index (χ0) is 17.5. The van der Waals surface area contributed by atoms with Crippen LogP contribution in [0, 0.1) is 6.92 Å². The molecule has 0 fully saturated rings. The lowest BCUT2D eigenvalue weighted by Crippen LogP contribution is -2.32. The Bertz CT molecular complexity index is 700. The van der Waals surface area contributed by atoms with Crippen molar-refractivity contribution in [2.75, 3.05) is 19.5 Å². The van der Waals surface area contributed by atoms with Crippen molar-refractivity contribution in [1.82, 2.24) is 0 Å². The minimum atomic E-state index is -0.570. The molecule has 0 radical (unpaired) electrons. The number of rotatable bonds is 7. The molecule has 0 aliphatic carbocycles. The summed E-state index contributed by atoms with van der Waals surface area (Å²) in [4.78, 5) is 12.5. The van der Waals surface area contributed by atoms with Crippen LogP contribution in [0.1, 0.15) is 18.9 Å². The lowest BCUT2D eigenvalue weighted by Gasteiger charge is -2.19. The Morgan fingerprint density at radius 2 is 1.75 bits per heavy atom. The minimum absolute atomic E-state index is 0.201. The first kappa shape index (κ1) is 17.7. The van der Waals surface area contributed by atoms with Crippen LogP contribution in [0.15, 0.2) is 42.5 Å². The number of hydrogen-bond acceptors (Lipinski definition) is 4. The standard InChI is InChI=1S/C19H23NO4/c1-5-15(24-16-9-7-6-8-13(16)2)19(21)20-14-10-11-17(22-3)18(12-14)23-4/h6-12,15H,5H2,1-4H3,(H,20,21). The maximum absolute atomic E-state index is 12.5. The van der Waals surface area contributed by atoms with Crippen molar-refractivity contribution in [3.63, 3.8) is 0 Å². The van der Waals surface area contributed by atoms with Gasteiger partial charge in [-0.05, 0) is 37.1 Å². The molecule has 5 nitrogen and oxygen atoms in total. The van der Waals surface area contributed by atoms with E-state index in [1.165, 1.54) is 0 Å². The molecule has 2 aromatic carbocycles. The first-order valence-corrected chi connectivity index (χ1v) is 7.84. The molecular formula is C19H23NO4. The third kappa shape index (κ3) is 4.19. The van der Waals surface area contributed by atoms with Crippen molar-refractivity contribution in [2.45, 2.75) is 26.4 Å². The first-order chi connectivity index (χ1) is 11.6. The average Bonchev–Trinajstić information content (AvgIpc) is 2.60. The van der Waals surface area contributed by atoms with Crippen LogP contribution in [-0.2, 0) is 4.79 Å². The van der Waals surface area contributed by atoms with Gasteiger partial charge in [0, 0.05) is 11.8 Å². The molecule has 0 bridgehead atoms. The fraction of sp³-hybridized carbons (Fsp3) is 0.316. The Morgan fingerprint density at radius 3 is 2.38 bits per heavy atom. The summed E-state index contributed by atoms with van der Waals surface area (Å²) in [7, 11) is 3.12. The summed E-state index contributed by atoms with van der Waals surface area (Å²) in [6.07, 6.45) is -0.00723. The molecule has 0 saturated carbocycles. The maximum atomic E-state index is 12.5. The summed E-state index contributed by atoms with van der Waals surface area (Å²) in [6.45, 7) is 3.87. The number of anilines is 1. The summed E-state index contributed by atoms with van der Waals surface area (Å²) < 4.78 is 16.3. The Labute approximate surface area is 142 Å². The molecule has 1 amide bonds. The zero-order valence-electron chi connectivity index (χ0n) is 14.5. The van der Waals surface area contributed by atoms with E-state index in [1.807, 2.05) is 38.1 Å². The number of carbonyl (C=O) groups excluding carboxylic acids is 1. The zero-order valence-corrected chi connectivity index (χ0v) is 14.5. The molecule has 128 valence electrons. The third-order valence-corrected chi connectivity index (χ3v) is 3.68. The lowest BCUT2D eigenvalue weighted by molar-refractivity contribution is -0.122. The van der Waals surface area contributed by atoms with E-state index in [9.17, 15) is 4.79 Å². The van der Waals surface area contributed by atoms with E-state index >= 15 is 0 Å². The number of aryl methyl sites for hydroxylation is 1. The number of carbonyl (C=O) groups is 1. The molecular weight excluding hydrogens is 306 g/mol. The quantitative estimate of drug-likeness (QED) is 0.839. The molecule has 24 heavy (non-hydrogen) atoms. The molecule has 0 aliphatic rings. The molecule has 1 N–H and O–H groups in total. The van der Waals surface area contributed by atoms with Crippen LogP contribution in [0.25, 0.3) is 0 Å². The summed E-state index contributed by atoms with van der Waals surface area (Å²) in [5.74, 6) is 1.68. The number of hydrogen-bond donors (Lipinski definition) is 1. The summed E-state index contributed by atoms with van der Waals surface area (Å²) in [5, 5.41) is 2.86. The fourth-order valence-electron chi connectivity index (χ4n) is 2.30. The second-order valence-corrected chi connectivity index (χ2v) is 5.34. The van der Waals surface area contributed by atoms with Crippen molar-refractivity contribution in [1.29, 1.82) is 0 Å². The molecule has 2 aromatic rings. The highest BCUT2D eigenvalue weighted by atomic mass is 16.5. The van der Waals surface area contributed by atoms with Gasteiger partial charge in [0.25, 0.3) is 5.91 Å². The molecule has 1 atom stereocenters. The van der Waals surface area contributed by atoms with Gasteiger partial charge in [-0.15, -0.1) is 0 Å². The number of para-hydroxylation sites is 1. The van der Waals surface area contributed by atoms with Crippen LogP contribution in [-0.4, -0.2) is 26.2 Å². The van der Waals surface area contributed by atoms with Gasteiger partial charge in [-0.3, -0.25) is 4.79 Å². The predicted molar refractivity (Wildman–Crippen MR) is 94.1 cm³/mol. The van der Waals surface area contributed by atoms with Crippen molar-refractivity contribution >= 4 is 11.6 Å². The summed E-state index contributed by atoms with van der Waals surface area (Å²) >= 11 is 0. The van der Waals surface area contributed by atoms with Gasteiger partial charge < -0.3 is 19.5 Å². The predicted octanol–water partition coefficient (Wildman–Crippen LogP) is 3.81. The second kappa shape index (κ2) is 8.24. The Morgan fingerprint density at radius 1 is 1.04 bits per heavy atom. The van der Waals surface area contributed by atoms with Crippen LogP contribution < -0.4 is 19.5 Å². The normalized spacial score (nSPS) is 11.5. The Kier molecular flexibility index (Phi) is 6.07. The number of methoxy groups -OCH3 is 2. The molecule has 0 spiro atoms. The van der Waals surface area contributed by atoms with Gasteiger partial charge in [0.2, 0.25) is 0 Å². The highest BCUT2D eigenvalue weighted by molar-refractivity contribution is 5.94. The van der Waals surface area contributed by atoms with Crippen molar-refractivity contribution in [3.8, 4) is 17.2 Å². The molecule has 0 saturated heterocycles. The smallest absolute Gasteiger partial charge is 0.265 e. The van der Waals surface area contributed by atoms with Crippen LogP contribution in [0.4, 0.5) is 5.69 Å². The first-order valence-electron chi connectivity index (χ1n) is 7.84. The van der Waals surface area contributed by atoms with Crippen molar-refractivity contribution in [3.05, 3.63) is 48.0 Å². The highest BCUT2D eigenvalue weighted by Gasteiger charge is 2.19. The highest BCUT2D eigenvalue weighted by Crippen LogP contribution is 2.30. The monoisotopic (exact) mass is 329 g/mol. The minimum Gasteiger partial charge on any atom is -0.493 e. The van der Waals surface area contributed by atoms with E-state index in [1.54, 1.807) is 32.4 Å². The Balaban J connectivity index is 2.11. The van der Waals surface area contributed by atoms with Gasteiger partial charge >= 0.3 is 0 Å². The lowest BCUT2D eigenvalue weighted by atomic mass is 10.2. The molecule has 5 heteroatoms. The fourth-order valence-corrected chi connectivity index (χ4v) is 2.30. The summed E-state index contributed by atoms with van der Waals surface area (Å²) in [6, 6.07) is 12.9. The van der Waals surface area contributed by atoms with Gasteiger partial charge in [-0.2, -0.15) is 0 Å². The average molecular weight is 329 g/mol. The number of benzene rings is 2. The van der Waals surface area contributed by atoms with E-state index in [0.29, 0.717) is 29.4 Å². The van der Waals surface area contributed by atoms with E-state index in [0.717, 1.165) is 5.56 Å². The number of nitrogens with one attached hydrogen (secondary N) is 1. The number of amides is 1. The SMILES string of the molecule is CCC(Oc1ccccc1C)C(=O)Nc1ccc(OC)c(OC)c1. The van der Waals surface area contributed by atoms with Crippen LogP contribution in [0.3, 0.4) is 0 Å². The van der Waals surface area contributed by atoms with Gasteiger partial charge in [-0.25, -0.2) is 0 Å². The van der Waals surface area contributed by atoms with Gasteiger partial charge in [-0.1, -0.05) is 25.1 Å². The van der Waals surface area contributed by atoms with Crippen LogP contribution >= 0.6 is 0 Å². The molecule has 0 heterocycles. The molecule has 1 unspecified atom stereocenters. The largest absolute Gasteiger partial charge is 0.493 e. The summed E-state index contributed by atoms with van der Waals surface area (Å²) in [5.41, 5.74) is 1.62. The van der Waals surface area contributed by atoms with Crippen molar-refractivity contribution < 1.29 is 19.0 Å². The van der Waals surface area contributed by atoms with Crippen molar-refractivity contribution in [2.24, 2.45) is 0 Å². The van der Waals surface area contributed by atoms with Gasteiger partial charge in [0.15, 0.2) is 17.6 Å². The van der Waals surface area contributed by atoms with E-state index in [2.05, 4.69) is 5.32 Å². The van der Waals surface area contributed by atoms with E-state index in [4.69, 9.17) is 14.2 Å². The Hall–Kier alpha value is -2.69. The third-order valence-electron chi connectivity index (χ3n) is 3.68. The molecule has 2 rings (SSSR count). The van der Waals surface area contributed by atoms with Crippen LogP contribution in [0.2, 0.25) is 0 Å². The van der Waals surface area contributed by atoms with E-state index < -0.39 is 6.10 Å². The van der Waals surface area contributed by atoms with Gasteiger partial charge in [0.1, 0.15) is 5.75 Å². The van der Waals surface area contributed by atoms with Crippen LogP contribution in [0.5, 0.6) is 17.2 Å². The topological polar surface area (TPSA) is 56.8 Å². The molecule has 0 aliphatic heterocycles.